The first-order valence-electron chi connectivity index (χ1n) is 14.1. The normalized spacial score (nSPS) is 22.1. The minimum absolute atomic E-state index is 0.0164. The van der Waals surface area contributed by atoms with Crippen molar-refractivity contribution in [3.63, 3.8) is 0 Å². The highest BCUT2D eigenvalue weighted by atomic mass is 32.2. The van der Waals surface area contributed by atoms with Crippen LogP contribution in [-0.2, 0) is 10.0 Å². The van der Waals surface area contributed by atoms with E-state index in [0.29, 0.717) is 30.4 Å². The van der Waals surface area contributed by atoms with Crippen LogP contribution in [0.3, 0.4) is 0 Å². The van der Waals surface area contributed by atoms with Crippen LogP contribution in [0, 0.1) is 5.41 Å². The average Bonchev–Trinajstić information content (AvgIpc) is 3.49. The summed E-state index contributed by atoms with van der Waals surface area (Å²) in [6.07, 6.45) is -0.295. The van der Waals surface area contributed by atoms with E-state index in [1.54, 1.807) is 18.3 Å². The molecular weight excluding hydrogens is 587 g/mol. The van der Waals surface area contributed by atoms with Crippen LogP contribution in [0.4, 0.5) is 24.8 Å². The highest BCUT2D eigenvalue weighted by molar-refractivity contribution is 7.90. The number of pyridine rings is 2. The van der Waals surface area contributed by atoms with Gasteiger partial charge in [-0.05, 0) is 76.6 Å². The van der Waals surface area contributed by atoms with E-state index in [-0.39, 0.29) is 48.4 Å². The number of carbonyl (C=O) groups is 1. The third kappa shape index (κ3) is 5.61. The molecule has 2 aliphatic heterocycles. The molecule has 1 unspecified atom stereocenters. The van der Waals surface area contributed by atoms with Crippen molar-refractivity contribution in [3.8, 4) is 11.7 Å². The Hall–Kier alpha value is -3.88. The molecule has 0 spiro atoms. The van der Waals surface area contributed by atoms with Gasteiger partial charge >= 0.3 is 6.18 Å². The Balaban J connectivity index is 1.32. The molecule has 5 heterocycles. The van der Waals surface area contributed by atoms with E-state index in [0.717, 1.165) is 12.8 Å². The van der Waals surface area contributed by atoms with Gasteiger partial charge in [0.25, 0.3) is 15.9 Å². The summed E-state index contributed by atoms with van der Waals surface area (Å²) >= 11 is 0. The van der Waals surface area contributed by atoms with E-state index in [2.05, 4.69) is 25.0 Å². The van der Waals surface area contributed by atoms with E-state index in [1.165, 1.54) is 28.9 Å². The van der Waals surface area contributed by atoms with Crippen molar-refractivity contribution in [3.05, 3.63) is 48.2 Å². The number of fused-ring (bicyclic) bond motifs is 5. The zero-order chi connectivity index (χ0) is 30.6. The number of hydrogen-bond donors (Lipinski definition) is 2. The lowest BCUT2D eigenvalue weighted by molar-refractivity contribution is -0.190. The number of alkyl halides is 3. The van der Waals surface area contributed by atoms with Crippen molar-refractivity contribution < 1.29 is 31.1 Å². The van der Waals surface area contributed by atoms with E-state index >= 15 is 0 Å². The summed E-state index contributed by atoms with van der Waals surface area (Å²) in [5, 5.41) is 7.24. The molecule has 2 bridgehead atoms. The number of aromatic nitrogens is 4. The maximum Gasteiger partial charge on any atom is 0.394 e. The maximum atomic E-state index is 13.5. The molecule has 2 fully saturated rings. The predicted molar refractivity (Wildman–Crippen MR) is 151 cm³/mol. The van der Waals surface area contributed by atoms with Crippen molar-refractivity contribution >= 4 is 27.6 Å². The summed E-state index contributed by atoms with van der Waals surface area (Å²) in [4.78, 5) is 24.6. The molecule has 6 rings (SSSR count). The molecule has 1 saturated carbocycles. The summed E-state index contributed by atoms with van der Waals surface area (Å²) in [6, 6.07) is 9.09. The molecule has 1 atom stereocenters. The van der Waals surface area contributed by atoms with Gasteiger partial charge in [-0.1, -0.05) is 6.07 Å². The van der Waals surface area contributed by atoms with Crippen LogP contribution < -0.4 is 19.7 Å². The molecule has 43 heavy (non-hydrogen) atoms. The van der Waals surface area contributed by atoms with Crippen molar-refractivity contribution in [2.24, 2.45) is 5.41 Å². The fourth-order valence-corrected chi connectivity index (χ4v) is 6.81. The van der Waals surface area contributed by atoms with E-state index < -0.39 is 33.1 Å². The van der Waals surface area contributed by atoms with Crippen LogP contribution in [-0.4, -0.2) is 65.0 Å². The van der Waals surface area contributed by atoms with Gasteiger partial charge in [0.15, 0.2) is 10.8 Å². The number of carbonyl (C=O) groups excluding carboxylic acids is 1. The fraction of sp³-hybridized carbons (Fsp3) is 0.500. The number of sulfonamides is 1. The van der Waals surface area contributed by atoms with Gasteiger partial charge in [-0.15, -0.1) is 5.10 Å². The smallest absolute Gasteiger partial charge is 0.394 e. The Morgan fingerprint density at radius 2 is 1.86 bits per heavy atom. The number of nitrogens with zero attached hydrogens (tertiary/aromatic N) is 5. The van der Waals surface area contributed by atoms with Crippen molar-refractivity contribution in [1.82, 2.24) is 24.5 Å². The topological polar surface area (TPSA) is 131 Å². The number of rotatable bonds is 5. The van der Waals surface area contributed by atoms with Crippen LogP contribution in [0.1, 0.15) is 62.7 Å². The highest BCUT2D eigenvalue weighted by Crippen LogP contribution is 2.59. The minimum atomic E-state index is -4.29. The number of hydrogen-bond acceptors (Lipinski definition) is 9. The summed E-state index contributed by atoms with van der Waals surface area (Å²) in [7, 11) is -4.29. The molecule has 0 radical (unpaired) electrons. The second-order valence-electron chi connectivity index (χ2n) is 11.9. The Morgan fingerprint density at radius 1 is 1.07 bits per heavy atom. The second kappa shape index (κ2) is 10.4. The maximum absolute atomic E-state index is 13.5. The number of halogens is 3. The number of ether oxygens (including phenoxy) is 1. The molecule has 1 saturated heterocycles. The minimum Gasteiger partial charge on any atom is -0.477 e. The molecule has 3 aliphatic rings. The molecule has 0 aromatic carbocycles. The summed E-state index contributed by atoms with van der Waals surface area (Å²) in [5.41, 5.74) is -2.00. The second-order valence-corrected chi connectivity index (χ2v) is 13.5. The van der Waals surface area contributed by atoms with Crippen molar-refractivity contribution in [1.29, 1.82) is 0 Å². The van der Waals surface area contributed by atoms with E-state index in [4.69, 9.17) is 9.72 Å². The van der Waals surface area contributed by atoms with Gasteiger partial charge in [0.2, 0.25) is 5.88 Å². The highest BCUT2D eigenvalue weighted by Gasteiger charge is 2.62. The third-order valence-electron chi connectivity index (χ3n) is 8.53. The summed E-state index contributed by atoms with van der Waals surface area (Å²) in [5.74, 6) is 0.315. The lowest BCUT2D eigenvalue weighted by atomic mass is 10.0. The molecule has 230 valence electrons. The van der Waals surface area contributed by atoms with Gasteiger partial charge in [0, 0.05) is 30.4 Å². The Bertz CT molecular complexity index is 1650. The number of nitrogens with one attached hydrogen (secondary N) is 2. The van der Waals surface area contributed by atoms with Gasteiger partial charge in [-0.2, -0.15) is 21.6 Å². The standard InChI is InChI=1S/C28H32F3N7O4S/c1-26(2)11-8-18-9-15-32-20-4-3-5-23(33-20)43(40,41)36-25(39)19-6-7-21(34-24(19)38(18)26)37-16-10-22(35-37)42-17-14-27(12-13-27)28(29,30)31/h3-7,10,16,18H,8-9,11-15,17H2,1-2H3,(H,32,33)(H,36,39). The van der Waals surface area contributed by atoms with Crippen LogP contribution in [0.25, 0.3) is 5.82 Å². The first-order chi connectivity index (χ1) is 20.3. The predicted octanol–water partition coefficient (Wildman–Crippen LogP) is 4.46. The lowest BCUT2D eigenvalue weighted by Gasteiger charge is -2.38. The van der Waals surface area contributed by atoms with Gasteiger partial charge in [0.05, 0.1) is 17.6 Å². The van der Waals surface area contributed by atoms with Gasteiger partial charge in [-0.3, -0.25) is 4.79 Å². The summed E-state index contributed by atoms with van der Waals surface area (Å²) in [6.45, 7) is 4.48. The fourth-order valence-electron chi connectivity index (χ4n) is 5.87. The molecule has 3 aromatic rings. The van der Waals surface area contributed by atoms with Gasteiger partial charge in [-0.25, -0.2) is 19.4 Å². The monoisotopic (exact) mass is 619 g/mol. The van der Waals surface area contributed by atoms with Crippen molar-refractivity contribution in [2.75, 3.05) is 23.4 Å². The van der Waals surface area contributed by atoms with Gasteiger partial charge in [0.1, 0.15) is 11.6 Å². The SMILES string of the molecule is CC1(C)CCC2CCNc3cccc(n3)S(=O)(=O)NC(=O)c3ccc(-n4ccc(OCCC5(C(F)(F)F)CC5)n4)nc3N21. The zero-order valence-corrected chi connectivity index (χ0v) is 24.5. The molecular formula is C28H32F3N7O4S. The molecule has 1 amide bonds. The average molecular weight is 620 g/mol. The number of anilines is 2. The lowest BCUT2D eigenvalue weighted by Crippen LogP contribution is -2.45. The Labute approximate surface area is 246 Å². The molecule has 3 aromatic heterocycles. The summed E-state index contributed by atoms with van der Waals surface area (Å²) < 4.78 is 75.1. The van der Waals surface area contributed by atoms with Crippen LogP contribution in [0.2, 0.25) is 0 Å². The van der Waals surface area contributed by atoms with E-state index in [1.807, 2.05) is 13.8 Å². The van der Waals surface area contributed by atoms with Crippen LogP contribution >= 0.6 is 0 Å². The quantitative estimate of drug-likeness (QED) is 0.425. The molecule has 2 N–H and O–H groups in total. The Morgan fingerprint density at radius 3 is 2.60 bits per heavy atom. The van der Waals surface area contributed by atoms with Crippen molar-refractivity contribution in [2.45, 2.75) is 75.2 Å². The molecule has 15 heteroatoms. The zero-order valence-electron chi connectivity index (χ0n) is 23.7. The van der Waals surface area contributed by atoms with Crippen LogP contribution in [0.15, 0.2) is 47.6 Å². The largest absolute Gasteiger partial charge is 0.477 e. The first kappa shape index (κ1) is 29.2. The number of amides is 1. The molecule has 1 aliphatic carbocycles. The molecule has 11 nitrogen and oxygen atoms in total. The van der Waals surface area contributed by atoms with Gasteiger partial charge < -0.3 is 15.0 Å². The Kier molecular flexibility index (Phi) is 7.05. The first-order valence-corrected chi connectivity index (χ1v) is 15.6. The van der Waals surface area contributed by atoms with Crippen LogP contribution in [0.5, 0.6) is 5.88 Å². The third-order valence-corrected chi connectivity index (χ3v) is 9.77. The van der Waals surface area contributed by atoms with E-state index in [9.17, 15) is 26.4 Å².